The molecule has 0 bridgehead atoms. The first-order chi connectivity index (χ1) is 45.1. The predicted octanol–water partition coefficient (Wildman–Crippen LogP) is 23.0. The Kier molecular flexibility index (Phi) is 12.0. The van der Waals surface area contributed by atoms with Crippen LogP contribution in [0.2, 0.25) is 0 Å². The lowest BCUT2D eigenvalue weighted by Crippen LogP contribution is -2.14. The van der Waals surface area contributed by atoms with Crippen molar-refractivity contribution in [3.63, 3.8) is 0 Å². The molecule has 0 aliphatic heterocycles. The van der Waals surface area contributed by atoms with Gasteiger partial charge in [0, 0.05) is 49.2 Å². The van der Waals surface area contributed by atoms with Gasteiger partial charge in [-0.15, -0.1) is 0 Å². The van der Waals surface area contributed by atoms with Crippen LogP contribution in [0.1, 0.15) is 49.9 Å². The first kappa shape index (κ1) is 53.6. The van der Waals surface area contributed by atoms with Crippen LogP contribution in [-0.4, -0.2) is 19.1 Å². The molecule has 3 heterocycles. The highest BCUT2D eigenvalue weighted by molar-refractivity contribution is 6.12. The number of para-hydroxylation sites is 2. The van der Waals surface area contributed by atoms with E-state index < -0.39 is 0 Å². The van der Waals surface area contributed by atoms with Crippen LogP contribution in [0.4, 0.5) is 0 Å². The summed E-state index contributed by atoms with van der Waals surface area (Å²) < 4.78 is 4.70. The predicted molar refractivity (Wildman–Crippen MR) is 384 cm³/mol. The Morgan fingerprint density at radius 1 is 0.228 bits per heavy atom. The smallest absolute Gasteiger partial charge is 0.235 e. The lowest BCUT2D eigenvalue weighted by molar-refractivity contribution is 0.660. The molecule has 0 saturated carbocycles. The molecule has 16 aromatic rings. The van der Waals surface area contributed by atoms with Gasteiger partial charge in [-0.1, -0.05) is 240 Å². The van der Waals surface area contributed by atoms with Crippen LogP contribution >= 0.6 is 0 Å². The van der Waals surface area contributed by atoms with E-state index in [2.05, 4.69) is 340 Å². The van der Waals surface area contributed by atoms with Crippen LogP contribution in [0.15, 0.2) is 303 Å². The van der Waals surface area contributed by atoms with E-state index in [-0.39, 0.29) is 10.8 Å². The molecule has 0 radical (unpaired) electrons. The van der Waals surface area contributed by atoms with Crippen molar-refractivity contribution in [2.24, 2.45) is 0 Å². The largest absolute Gasteiger partial charge is 0.309 e. The van der Waals surface area contributed by atoms with Gasteiger partial charge in [-0.05, 0) is 191 Å². The van der Waals surface area contributed by atoms with Gasteiger partial charge in [0.15, 0.2) is 0 Å². The summed E-state index contributed by atoms with van der Waals surface area (Å²) in [5.74, 6) is 0.602. The molecule has 0 unspecified atom stereocenters. The molecule has 2 aliphatic rings. The zero-order valence-electron chi connectivity index (χ0n) is 51.7. The second-order valence-corrected chi connectivity index (χ2v) is 26.1. The van der Waals surface area contributed by atoms with Crippen molar-refractivity contribution >= 4 is 43.6 Å². The van der Waals surface area contributed by atoms with Gasteiger partial charge < -0.3 is 4.57 Å². The van der Waals surface area contributed by atoms with Crippen LogP contribution in [0.5, 0.6) is 0 Å². The molecule has 4 nitrogen and oxygen atoms in total. The third-order valence-electron chi connectivity index (χ3n) is 20.1. The number of rotatable bonds is 9. The van der Waals surface area contributed by atoms with Crippen molar-refractivity contribution in [1.29, 1.82) is 0 Å². The molecule has 4 heteroatoms. The van der Waals surface area contributed by atoms with Crippen molar-refractivity contribution in [3.05, 3.63) is 326 Å². The number of aromatic nitrogens is 4. The van der Waals surface area contributed by atoms with E-state index in [4.69, 9.17) is 9.97 Å². The Morgan fingerprint density at radius 2 is 0.598 bits per heavy atom. The highest BCUT2D eigenvalue weighted by Gasteiger charge is 2.37. The Bertz CT molecular complexity index is 5640. The van der Waals surface area contributed by atoms with E-state index in [1.54, 1.807) is 0 Å². The molecule has 18 rings (SSSR count). The van der Waals surface area contributed by atoms with Crippen LogP contribution in [0.3, 0.4) is 0 Å². The first-order valence-electron chi connectivity index (χ1n) is 32.0. The summed E-state index contributed by atoms with van der Waals surface area (Å²) in [7, 11) is 0. The van der Waals surface area contributed by atoms with E-state index in [0.29, 0.717) is 5.95 Å². The number of benzene rings is 13. The molecule has 0 fully saturated rings. The molecule has 0 N–H and O–H groups in total. The zero-order chi connectivity index (χ0) is 61.4. The van der Waals surface area contributed by atoms with E-state index in [9.17, 15) is 0 Å². The Hall–Kier alpha value is -11.5. The summed E-state index contributed by atoms with van der Waals surface area (Å²) in [6.45, 7) is 9.43. The minimum atomic E-state index is -0.109. The van der Waals surface area contributed by atoms with Crippen LogP contribution in [0, 0.1) is 0 Å². The molecule has 0 amide bonds. The first-order valence-corrected chi connectivity index (χ1v) is 32.0. The SMILES string of the molecule is CC1(C)c2ccccc2-c2ccc(-c3ccc4c(c3)c3ccccc3n4-c3cccc(-c4cc(-c5cccc(-c6cc(-c7ccccc7)cc(-c7ccccc7)c6)c5)nc(-n5c6ccccc6c6cc(-c7ccc8c(c7)C(C)(C)c7ccccc7-8)ccc65)n4)c3)cc21. The lowest BCUT2D eigenvalue weighted by atomic mass is 9.81. The Balaban J connectivity index is 0.794. The minimum absolute atomic E-state index is 0.0892. The van der Waals surface area contributed by atoms with Gasteiger partial charge in [-0.3, -0.25) is 4.57 Å². The van der Waals surface area contributed by atoms with Gasteiger partial charge in [0.05, 0.1) is 33.5 Å². The fraction of sp³-hybridized carbons (Fsp3) is 0.0682. The minimum Gasteiger partial charge on any atom is -0.309 e. The maximum absolute atomic E-state index is 5.68. The second kappa shape index (κ2) is 20.5. The molecule has 0 atom stereocenters. The van der Waals surface area contributed by atoms with Gasteiger partial charge in [0.25, 0.3) is 0 Å². The van der Waals surface area contributed by atoms with Crippen molar-refractivity contribution < 1.29 is 0 Å². The quantitative estimate of drug-likeness (QED) is 0.144. The molecule has 0 saturated heterocycles. The van der Waals surface area contributed by atoms with Gasteiger partial charge >= 0.3 is 0 Å². The molecular weight excluding hydrogens is 1110 g/mol. The summed E-state index contributed by atoms with van der Waals surface area (Å²) >= 11 is 0. The van der Waals surface area contributed by atoms with E-state index in [0.717, 1.165) is 83.3 Å². The van der Waals surface area contributed by atoms with Gasteiger partial charge in [-0.25, -0.2) is 9.97 Å². The highest BCUT2D eigenvalue weighted by Crippen LogP contribution is 2.52. The van der Waals surface area contributed by atoms with Crippen molar-refractivity contribution in [2.75, 3.05) is 0 Å². The number of fused-ring (bicyclic) bond motifs is 12. The molecule has 13 aromatic carbocycles. The number of nitrogens with zero attached hydrogens (tertiary/aromatic N) is 4. The summed E-state index contributed by atoms with van der Waals surface area (Å²) in [6, 6.07) is 112. The fourth-order valence-corrected chi connectivity index (χ4v) is 15.4. The highest BCUT2D eigenvalue weighted by atomic mass is 15.2. The number of hydrogen-bond donors (Lipinski definition) is 0. The summed E-state index contributed by atoms with van der Waals surface area (Å²) in [5, 5.41) is 4.71. The van der Waals surface area contributed by atoms with Gasteiger partial charge in [0.1, 0.15) is 0 Å². The topological polar surface area (TPSA) is 35.6 Å². The maximum Gasteiger partial charge on any atom is 0.235 e. The third kappa shape index (κ3) is 8.44. The van der Waals surface area contributed by atoms with Crippen LogP contribution < -0.4 is 0 Å². The summed E-state index contributed by atoms with van der Waals surface area (Å²) in [4.78, 5) is 11.3. The number of hydrogen-bond acceptors (Lipinski definition) is 2. The average Bonchev–Trinajstić information content (AvgIpc) is 1.60. The fourth-order valence-electron chi connectivity index (χ4n) is 15.4. The second-order valence-electron chi connectivity index (χ2n) is 26.1. The van der Waals surface area contributed by atoms with Crippen molar-refractivity contribution in [3.8, 4) is 112 Å². The van der Waals surface area contributed by atoms with Gasteiger partial charge in [-0.2, -0.15) is 0 Å². The van der Waals surface area contributed by atoms with E-state index in [1.165, 1.54) is 88.7 Å². The maximum atomic E-state index is 5.68. The molecular formula is C88H62N4. The standard InChI is InChI=1S/C88H62N4/c1-87(2)76-33-15-11-29-68(76)70-41-37-60(52-78(70)87)58-39-43-84-74(50-58)72-31-13-17-35-82(72)91(84)67-28-20-27-63(49-67)81-54-80(62-26-19-25-57(45-62)66-47-64(55-21-7-5-8-22-55)46-65(48-66)56-23-9-6-10-24-56)89-86(90-81)92-83-36-18-14-32-73(83)75-51-59(40-44-85(75)92)61-38-42-71-69-30-12-16-34-77(69)88(3,4)79(71)53-61/h5-54H,1-4H3. The molecule has 434 valence electrons. The third-order valence-corrected chi connectivity index (χ3v) is 20.1. The lowest BCUT2D eigenvalue weighted by Gasteiger charge is -2.22. The zero-order valence-corrected chi connectivity index (χ0v) is 51.7. The summed E-state index contributed by atoms with van der Waals surface area (Å²) in [5.41, 5.74) is 31.4. The summed E-state index contributed by atoms with van der Waals surface area (Å²) in [6.07, 6.45) is 0. The molecule has 92 heavy (non-hydrogen) atoms. The van der Waals surface area contributed by atoms with E-state index >= 15 is 0 Å². The molecule has 3 aromatic heterocycles. The monoisotopic (exact) mass is 1170 g/mol. The Morgan fingerprint density at radius 3 is 1.15 bits per heavy atom. The van der Waals surface area contributed by atoms with E-state index in [1.807, 2.05) is 0 Å². The van der Waals surface area contributed by atoms with Gasteiger partial charge in [0.2, 0.25) is 5.95 Å². The van der Waals surface area contributed by atoms with Crippen molar-refractivity contribution in [2.45, 2.75) is 38.5 Å². The molecule has 2 aliphatic carbocycles. The molecule has 0 spiro atoms. The average molecular weight is 1180 g/mol. The van der Waals surface area contributed by atoms with Crippen LogP contribution in [0.25, 0.3) is 156 Å². The van der Waals surface area contributed by atoms with Crippen LogP contribution in [-0.2, 0) is 10.8 Å². The van der Waals surface area contributed by atoms with Crippen molar-refractivity contribution in [1.82, 2.24) is 19.1 Å². The normalized spacial score (nSPS) is 13.4. The Labute approximate surface area is 535 Å².